The summed E-state index contributed by atoms with van der Waals surface area (Å²) >= 11 is 0. The smallest absolute Gasteiger partial charge is 0.337 e. The predicted octanol–water partition coefficient (Wildman–Crippen LogP) is 4.38. The molecule has 1 N–H and O–H groups in total. The second kappa shape index (κ2) is 7.04. The molecule has 5 nitrogen and oxygen atoms in total. The summed E-state index contributed by atoms with van der Waals surface area (Å²) in [5, 5.41) is 3.97. The van der Waals surface area contributed by atoms with Gasteiger partial charge in [-0.1, -0.05) is 38.1 Å². The number of esters is 1. The van der Waals surface area contributed by atoms with Gasteiger partial charge in [0.1, 0.15) is 6.54 Å². The van der Waals surface area contributed by atoms with Crippen LogP contribution in [0.1, 0.15) is 29.8 Å². The number of ether oxygens (including phenoxy) is 1. The van der Waals surface area contributed by atoms with Gasteiger partial charge in [0, 0.05) is 10.9 Å². The molecule has 0 saturated heterocycles. The molecule has 0 saturated carbocycles. The molecule has 1 aliphatic heterocycles. The van der Waals surface area contributed by atoms with E-state index in [9.17, 15) is 9.59 Å². The Morgan fingerprint density at radius 2 is 1.88 bits per heavy atom. The van der Waals surface area contributed by atoms with Gasteiger partial charge in [-0.15, -0.1) is 0 Å². The molecule has 2 heterocycles. The van der Waals surface area contributed by atoms with Crippen molar-refractivity contribution in [2.75, 3.05) is 12.4 Å². The molecule has 3 aromatic rings. The van der Waals surface area contributed by atoms with Crippen LogP contribution in [0.2, 0.25) is 0 Å². The number of carbonyl (C=O) groups excluding carboxylic acids is 2. The summed E-state index contributed by atoms with van der Waals surface area (Å²) in [6.07, 6.45) is 0. The molecular weight excluding hydrogens is 328 g/mol. The second-order valence-corrected chi connectivity index (χ2v) is 5.88. The SMILES string of the molecule is CC.COC(=O)c1ccc2c(C)c3n(c2c1)CC(=O)Nc1ccccc1-3. The molecule has 0 radical (unpaired) electrons. The number of hydrogen-bond donors (Lipinski definition) is 1. The van der Waals surface area contributed by atoms with Crippen molar-refractivity contribution in [2.45, 2.75) is 27.3 Å². The van der Waals surface area contributed by atoms with Gasteiger partial charge in [-0.3, -0.25) is 4.79 Å². The maximum atomic E-state index is 12.3. The number of hydrogen-bond acceptors (Lipinski definition) is 3. The average molecular weight is 350 g/mol. The lowest BCUT2D eigenvalue weighted by Gasteiger charge is -2.08. The van der Waals surface area contributed by atoms with Crippen molar-refractivity contribution in [3.05, 3.63) is 53.6 Å². The molecule has 5 heteroatoms. The van der Waals surface area contributed by atoms with Crippen molar-refractivity contribution in [1.29, 1.82) is 0 Å². The van der Waals surface area contributed by atoms with E-state index in [0.717, 1.165) is 33.4 Å². The van der Waals surface area contributed by atoms with E-state index >= 15 is 0 Å². The van der Waals surface area contributed by atoms with Crippen molar-refractivity contribution in [1.82, 2.24) is 4.57 Å². The average Bonchev–Trinajstić information content (AvgIpc) is 2.84. The number of nitrogens with one attached hydrogen (secondary N) is 1. The molecule has 0 bridgehead atoms. The summed E-state index contributed by atoms with van der Waals surface area (Å²) in [5.74, 6) is -0.467. The van der Waals surface area contributed by atoms with Crippen LogP contribution < -0.4 is 5.32 Å². The van der Waals surface area contributed by atoms with Gasteiger partial charge in [0.05, 0.1) is 29.6 Å². The van der Waals surface area contributed by atoms with E-state index in [0.29, 0.717) is 5.56 Å². The summed E-state index contributed by atoms with van der Waals surface area (Å²) in [4.78, 5) is 24.2. The molecule has 4 rings (SSSR count). The molecule has 0 unspecified atom stereocenters. The van der Waals surface area contributed by atoms with Crippen molar-refractivity contribution >= 4 is 28.5 Å². The molecule has 0 fully saturated rings. The van der Waals surface area contributed by atoms with Gasteiger partial charge in [-0.25, -0.2) is 4.79 Å². The van der Waals surface area contributed by atoms with E-state index < -0.39 is 0 Å². The van der Waals surface area contributed by atoms with E-state index in [1.165, 1.54) is 7.11 Å². The Bertz CT molecular complexity index is 1000. The molecule has 0 spiro atoms. The topological polar surface area (TPSA) is 60.3 Å². The summed E-state index contributed by atoms with van der Waals surface area (Å²) in [5.41, 5.74) is 5.21. The largest absolute Gasteiger partial charge is 0.465 e. The number of rotatable bonds is 1. The minimum atomic E-state index is -0.386. The van der Waals surface area contributed by atoms with Crippen LogP contribution in [0.25, 0.3) is 22.2 Å². The monoisotopic (exact) mass is 350 g/mol. The number of aryl methyl sites for hydroxylation is 1. The zero-order chi connectivity index (χ0) is 18.8. The highest BCUT2D eigenvalue weighted by Crippen LogP contribution is 2.38. The van der Waals surface area contributed by atoms with Gasteiger partial charge in [0.2, 0.25) is 5.91 Å². The van der Waals surface area contributed by atoms with Crippen molar-refractivity contribution in [3.63, 3.8) is 0 Å². The highest BCUT2D eigenvalue weighted by molar-refractivity contribution is 6.04. The van der Waals surface area contributed by atoms with Gasteiger partial charge in [0.25, 0.3) is 0 Å². The Labute approximate surface area is 152 Å². The fourth-order valence-electron chi connectivity index (χ4n) is 3.41. The molecule has 134 valence electrons. The molecular formula is C21H22N2O3. The maximum absolute atomic E-state index is 12.3. The highest BCUT2D eigenvalue weighted by Gasteiger charge is 2.24. The molecule has 2 aromatic carbocycles. The Morgan fingerprint density at radius 3 is 2.62 bits per heavy atom. The van der Waals surface area contributed by atoms with E-state index in [1.54, 1.807) is 12.1 Å². The van der Waals surface area contributed by atoms with E-state index in [4.69, 9.17) is 4.74 Å². The number of fused-ring (bicyclic) bond motifs is 5. The number of aromatic nitrogens is 1. The molecule has 1 amide bonds. The Morgan fingerprint density at radius 1 is 1.15 bits per heavy atom. The number of methoxy groups -OCH3 is 1. The van der Waals surface area contributed by atoms with Gasteiger partial charge < -0.3 is 14.6 Å². The van der Waals surface area contributed by atoms with Crippen LogP contribution in [-0.4, -0.2) is 23.6 Å². The van der Waals surface area contributed by atoms with Crippen molar-refractivity contribution < 1.29 is 14.3 Å². The van der Waals surface area contributed by atoms with E-state index in [1.807, 2.05) is 55.7 Å². The predicted molar refractivity (Wildman–Crippen MR) is 103 cm³/mol. The lowest BCUT2D eigenvalue weighted by Crippen LogP contribution is -2.16. The van der Waals surface area contributed by atoms with E-state index in [-0.39, 0.29) is 18.4 Å². The minimum Gasteiger partial charge on any atom is -0.465 e. The molecule has 0 atom stereocenters. The molecule has 0 aliphatic carbocycles. The first-order chi connectivity index (χ1) is 12.6. The van der Waals surface area contributed by atoms with Gasteiger partial charge in [0.15, 0.2) is 0 Å². The van der Waals surface area contributed by atoms with Crippen LogP contribution in [0.3, 0.4) is 0 Å². The van der Waals surface area contributed by atoms with Crippen LogP contribution in [0.5, 0.6) is 0 Å². The van der Waals surface area contributed by atoms with Gasteiger partial charge in [-0.2, -0.15) is 0 Å². The first kappa shape index (κ1) is 17.7. The van der Waals surface area contributed by atoms with E-state index in [2.05, 4.69) is 5.32 Å². The molecule has 26 heavy (non-hydrogen) atoms. The van der Waals surface area contributed by atoms with Crippen LogP contribution >= 0.6 is 0 Å². The quantitative estimate of drug-likeness (QED) is 0.663. The second-order valence-electron chi connectivity index (χ2n) is 5.88. The number of carbonyl (C=O) groups is 2. The maximum Gasteiger partial charge on any atom is 0.337 e. The molecule has 1 aliphatic rings. The Hall–Kier alpha value is -3.08. The zero-order valence-electron chi connectivity index (χ0n) is 15.4. The lowest BCUT2D eigenvalue weighted by molar-refractivity contribution is -0.116. The number of amides is 1. The lowest BCUT2D eigenvalue weighted by atomic mass is 10.0. The first-order valence-corrected chi connectivity index (χ1v) is 8.70. The van der Waals surface area contributed by atoms with Crippen molar-refractivity contribution in [2.24, 2.45) is 0 Å². The highest BCUT2D eigenvalue weighted by atomic mass is 16.5. The summed E-state index contributed by atoms with van der Waals surface area (Å²) in [6, 6.07) is 13.2. The number of benzene rings is 2. The van der Waals surface area contributed by atoms with Crippen LogP contribution in [0.15, 0.2) is 42.5 Å². The van der Waals surface area contributed by atoms with Gasteiger partial charge >= 0.3 is 5.97 Å². The summed E-state index contributed by atoms with van der Waals surface area (Å²) in [6.45, 7) is 6.25. The number of para-hydroxylation sites is 1. The minimum absolute atomic E-state index is 0.0819. The fraction of sp³-hybridized carbons (Fsp3) is 0.238. The van der Waals surface area contributed by atoms with Gasteiger partial charge in [-0.05, 0) is 30.7 Å². The molecule has 1 aromatic heterocycles. The van der Waals surface area contributed by atoms with Crippen LogP contribution in [0.4, 0.5) is 5.69 Å². The third-order valence-electron chi connectivity index (χ3n) is 4.50. The summed E-state index contributed by atoms with van der Waals surface area (Å²) < 4.78 is 6.78. The van der Waals surface area contributed by atoms with Crippen LogP contribution in [0, 0.1) is 6.92 Å². The normalized spacial score (nSPS) is 12.2. The zero-order valence-corrected chi connectivity index (χ0v) is 15.4. The Balaban J connectivity index is 0.000000948. The van der Waals surface area contributed by atoms with Crippen molar-refractivity contribution in [3.8, 4) is 11.3 Å². The fourth-order valence-corrected chi connectivity index (χ4v) is 3.41. The summed E-state index contributed by atoms with van der Waals surface area (Å²) in [7, 11) is 1.36. The number of nitrogens with zero attached hydrogens (tertiary/aromatic N) is 1. The third-order valence-corrected chi connectivity index (χ3v) is 4.50. The third kappa shape index (κ3) is 2.75. The standard InChI is InChI=1S/C19H16N2O3.C2H6/c1-11-13-8-7-12(19(23)24-2)9-16(13)21-10-17(22)20-15-6-4-3-5-14(15)18(11)21;1-2/h3-9H,10H2,1-2H3,(H,20,22);1-2H3. The Kier molecular flexibility index (Phi) is 4.80. The number of anilines is 1. The first-order valence-electron chi connectivity index (χ1n) is 8.70. The van der Waals surface area contributed by atoms with Crippen LogP contribution in [-0.2, 0) is 16.1 Å².